The maximum absolute atomic E-state index is 12.2. The van der Waals surface area contributed by atoms with Gasteiger partial charge in [0.25, 0.3) is 10.0 Å². The van der Waals surface area contributed by atoms with Crippen LogP contribution in [0.1, 0.15) is 0 Å². The minimum absolute atomic E-state index is 0.00238. The average molecular weight is 348 g/mol. The van der Waals surface area contributed by atoms with Gasteiger partial charge in [-0.1, -0.05) is 6.07 Å². The van der Waals surface area contributed by atoms with E-state index in [1.54, 1.807) is 11.4 Å². The standard InChI is InChI=1S/C11H12N2O5S3/c1-18-10-5-4-8(20(12,14)15)7-9(10)13-21(16,17)11-3-2-6-19-11/h2-7,13H,1H3,(H2,12,14,15). The zero-order valence-corrected chi connectivity index (χ0v) is 13.3. The summed E-state index contributed by atoms with van der Waals surface area (Å²) < 4.78 is 54.4. The molecule has 21 heavy (non-hydrogen) atoms. The summed E-state index contributed by atoms with van der Waals surface area (Å²) >= 11 is 1.04. The molecule has 0 radical (unpaired) electrons. The van der Waals surface area contributed by atoms with Crippen molar-refractivity contribution >= 4 is 37.1 Å². The highest BCUT2D eigenvalue weighted by Gasteiger charge is 2.19. The third-order valence-corrected chi connectivity index (χ3v) is 6.18. The molecule has 0 unspecified atom stereocenters. The van der Waals surface area contributed by atoms with E-state index in [9.17, 15) is 16.8 Å². The SMILES string of the molecule is COc1ccc(S(N)(=O)=O)cc1NS(=O)(=O)c1cccs1. The number of sulfonamides is 2. The van der Waals surface area contributed by atoms with Crippen molar-refractivity contribution in [2.75, 3.05) is 11.8 Å². The van der Waals surface area contributed by atoms with Crippen LogP contribution >= 0.6 is 11.3 Å². The number of ether oxygens (including phenoxy) is 1. The molecule has 1 aromatic heterocycles. The van der Waals surface area contributed by atoms with E-state index in [4.69, 9.17) is 9.88 Å². The van der Waals surface area contributed by atoms with Crippen molar-refractivity contribution in [3.05, 3.63) is 35.7 Å². The number of thiophene rings is 1. The third kappa shape index (κ3) is 3.53. The summed E-state index contributed by atoms with van der Waals surface area (Å²) in [6.45, 7) is 0. The second-order valence-electron chi connectivity index (χ2n) is 3.94. The summed E-state index contributed by atoms with van der Waals surface area (Å²) in [5, 5.41) is 6.65. The minimum atomic E-state index is -3.95. The first-order valence-electron chi connectivity index (χ1n) is 5.51. The summed E-state index contributed by atoms with van der Waals surface area (Å²) in [5.74, 6) is 0.183. The van der Waals surface area contributed by atoms with Gasteiger partial charge in [-0.3, -0.25) is 4.72 Å². The predicted octanol–water partition coefficient (Wildman–Crippen LogP) is 1.20. The second-order valence-corrected chi connectivity index (χ2v) is 8.36. The molecule has 0 atom stereocenters. The highest BCUT2D eigenvalue weighted by Crippen LogP contribution is 2.30. The molecule has 2 rings (SSSR count). The van der Waals surface area contributed by atoms with Crippen molar-refractivity contribution in [1.82, 2.24) is 0 Å². The smallest absolute Gasteiger partial charge is 0.271 e. The van der Waals surface area contributed by atoms with Crippen molar-refractivity contribution in [3.8, 4) is 5.75 Å². The van der Waals surface area contributed by atoms with Crippen molar-refractivity contribution in [2.45, 2.75) is 9.10 Å². The summed E-state index contributed by atoms with van der Waals surface area (Å²) in [4.78, 5) is -0.216. The Morgan fingerprint density at radius 3 is 2.43 bits per heavy atom. The van der Waals surface area contributed by atoms with Crippen LogP contribution < -0.4 is 14.6 Å². The van der Waals surface area contributed by atoms with E-state index in [1.807, 2.05) is 0 Å². The molecule has 10 heteroatoms. The van der Waals surface area contributed by atoms with Crippen LogP contribution in [0.3, 0.4) is 0 Å². The number of hydrogen-bond acceptors (Lipinski definition) is 6. The Morgan fingerprint density at radius 2 is 1.90 bits per heavy atom. The largest absolute Gasteiger partial charge is 0.495 e. The van der Waals surface area contributed by atoms with Crippen molar-refractivity contribution in [3.63, 3.8) is 0 Å². The molecule has 0 aliphatic carbocycles. The number of nitrogens with one attached hydrogen (secondary N) is 1. The Labute approximate surface area is 126 Å². The molecular formula is C11H12N2O5S3. The zero-order chi connectivity index (χ0) is 15.7. The lowest BCUT2D eigenvalue weighted by Crippen LogP contribution is -2.15. The van der Waals surface area contributed by atoms with Gasteiger partial charge in [0, 0.05) is 0 Å². The van der Waals surface area contributed by atoms with Crippen LogP contribution in [0, 0.1) is 0 Å². The lowest BCUT2D eigenvalue weighted by Gasteiger charge is -2.12. The minimum Gasteiger partial charge on any atom is -0.495 e. The number of benzene rings is 1. The van der Waals surface area contributed by atoms with Gasteiger partial charge >= 0.3 is 0 Å². The van der Waals surface area contributed by atoms with Gasteiger partial charge in [-0.15, -0.1) is 11.3 Å². The molecule has 7 nitrogen and oxygen atoms in total. The van der Waals surface area contributed by atoms with Crippen LogP contribution in [-0.4, -0.2) is 23.9 Å². The highest BCUT2D eigenvalue weighted by molar-refractivity contribution is 7.94. The van der Waals surface area contributed by atoms with E-state index in [0.29, 0.717) is 0 Å². The molecular weight excluding hydrogens is 336 g/mol. The van der Waals surface area contributed by atoms with Crippen LogP contribution in [0.2, 0.25) is 0 Å². The molecule has 0 aliphatic heterocycles. The summed E-state index contributed by atoms with van der Waals surface area (Å²) in [6, 6.07) is 6.70. The lowest BCUT2D eigenvalue weighted by molar-refractivity contribution is 0.416. The molecule has 1 heterocycles. The first-order valence-corrected chi connectivity index (χ1v) is 9.42. The molecule has 0 spiro atoms. The van der Waals surface area contributed by atoms with Crippen LogP contribution in [0.25, 0.3) is 0 Å². The number of primary sulfonamides is 1. The molecule has 3 N–H and O–H groups in total. The molecule has 0 fully saturated rings. The van der Waals surface area contributed by atoms with Crippen LogP contribution in [0.15, 0.2) is 44.8 Å². The first-order chi connectivity index (χ1) is 9.74. The van der Waals surface area contributed by atoms with E-state index in [0.717, 1.165) is 17.4 Å². The van der Waals surface area contributed by atoms with E-state index in [-0.39, 0.29) is 20.5 Å². The van der Waals surface area contributed by atoms with Crippen LogP contribution in [0.4, 0.5) is 5.69 Å². The molecule has 0 saturated heterocycles. The fraction of sp³-hybridized carbons (Fsp3) is 0.0909. The normalized spacial score (nSPS) is 12.1. The second kappa shape index (κ2) is 5.64. The van der Waals surface area contributed by atoms with E-state index >= 15 is 0 Å². The van der Waals surface area contributed by atoms with E-state index < -0.39 is 20.0 Å². The Morgan fingerprint density at radius 1 is 1.19 bits per heavy atom. The van der Waals surface area contributed by atoms with Gasteiger partial charge in [0.2, 0.25) is 10.0 Å². The Balaban J connectivity index is 2.48. The third-order valence-electron chi connectivity index (χ3n) is 2.50. The summed E-state index contributed by atoms with van der Waals surface area (Å²) in [6.07, 6.45) is 0. The molecule has 114 valence electrons. The van der Waals surface area contributed by atoms with Crippen molar-refractivity contribution < 1.29 is 21.6 Å². The fourth-order valence-electron chi connectivity index (χ4n) is 1.56. The number of methoxy groups -OCH3 is 1. The maximum Gasteiger partial charge on any atom is 0.271 e. The predicted molar refractivity (Wildman–Crippen MR) is 79.5 cm³/mol. The number of hydrogen-bond donors (Lipinski definition) is 2. The Hall–Kier alpha value is -1.62. The monoisotopic (exact) mass is 348 g/mol. The van der Waals surface area contributed by atoms with Crippen LogP contribution in [0.5, 0.6) is 5.75 Å². The molecule has 0 bridgehead atoms. The molecule has 1 aromatic carbocycles. The van der Waals surface area contributed by atoms with Gasteiger partial charge in [-0.05, 0) is 29.6 Å². The van der Waals surface area contributed by atoms with Gasteiger partial charge < -0.3 is 4.74 Å². The quantitative estimate of drug-likeness (QED) is 0.842. The summed E-state index contributed by atoms with van der Waals surface area (Å²) in [7, 11) is -6.42. The molecule has 0 amide bonds. The summed E-state index contributed by atoms with van der Waals surface area (Å²) in [5.41, 5.74) is -0.00238. The van der Waals surface area contributed by atoms with Gasteiger partial charge in [0.1, 0.15) is 9.96 Å². The topological polar surface area (TPSA) is 116 Å². The van der Waals surface area contributed by atoms with Gasteiger partial charge in [0.15, 0.2) is 0 Å². The van der Waals surface area contributed by atoms with Gasteiger partial charge in [-0.2, -0.15) is 0 Å². The average Bonchev–Trinajstić information content (AvgIpc) is 2.91. The van der Waals surface area contributed by atoms with Gasteiger partial charge in [0.05, 0.1) is 17.7 Å². The van der Waals surface area contributed by atoms with Crippen LogP contribution in [-0.2, 0) is 20.0 Å². The zero-order valence-electron chi connectivity index (χ0n) is 10.8. The Bertz CT molecular complexity index is 842. The first kappa shape index (κ1) is 15.8. The van der Waals surface area contributed by atoms with Crippen molar-refractivity contribution in [1.29, 1.82) is 0 Å². The van der Waals surface area contributed by atoms with E-state index in [1.165, 1.54) is 25.3 Å². The molecule has 0 aliphatic rings. The maximum atomic E-state index is 12.2. The van der Waals surface area contributed by atoms with Crippen molar-refractivity contribution in [2.24, 2.45) is 5.14 Å². The molecule has 2 aromatic rings. The lowest BCUT2D eigenvalue weighted by atomic mass is 10.3. The Kier molecular flexibility index (Phi) is 4.23. The highest BCUT2D eigenvalue weighted by atomic mass is 32.2. The fourth-order valence-corrected chi connectivity index (χ4v) is 4.15. The number of nitrogens with two attached hydrogens (primary N) is 1. The van der Waals surface area contributed by atoms with E-state index in [2.05, 4.69) is 4.72 Å². The van der Waals surface area contributed by atoms with Gasteiger partial charge in [-0.25, -0.2) is 22.0 Å². The number of rotatable bonds is 5. The number of anilines is 1. The molecule has 0 saturated carbocycles.